The zero-order valence-corrected chi connectivity index (χ0v) is 8.91. The minimum Gasteiger partial charge on any atom is -0.489 e. The number of amides is 1. The van der Waals surface area contributed by atoms with Gasteiger partial charge in [-0.15, -0.1) is 0 Å². The SMILES string of the molecule is CC(=O)Nc1ccc(C)cc1OCCO. The largest absolute Gasteiger partial charge is 0.489 e. The van der Waals surface area contributed by atoms with Crippen molar-refractivity contribution in [2.45, 2.75) is 13.8 Å². The van der Waals surface area contributed by atoms with E-state index >= 15 is 0 Å². The van der Waals surface area contributed by atoms with E-state index in [1.807, 2.05) is 19.1 Å². The fourth-order valence-corrected chi connectivity index (χ4v) is 1.20. The Balaban J connectivity index is 2.87. The number of carbonyl (C=O) groups excluding carboxylic acids is 1. The molecule has 0 aliphatic heterocycles. The molecule has 0 radical (unpaired) electrons. The Morgan fingerprint density at radius 3 is 2.87 bits per heavy atom. The van der Waals surface area contributed by atoms with E-state index in [0.717, 1.165) is 5.56 Å². The van der Waals surface area contributed by atoms with Gasteiger partial charge in [0.15, 0.2) is 0 Å². The molecule has 0 bridgehead atoms. The summed E-state index contributed by atoms with van der Waals surface area (Å²) in [7, 11) is 0. The van der Waals surface area contributed by atoms with E-state index < -0.39 is 0 Å². The minimum absolute atomic E-state index is 0.0482. The van der Waals surface area contributed by atoms with Crippen LogP contribution in [0.2, 0.25) is 0 Å². The summed E-state index contributed by atoms with van der Waals surface area (Å²) < 4.78 is 5.30. The van der Waals surface area contributed by atoms with Crippen molar-refractivity contribution in [1.29, 1.82) is 0 Å². The zero-order chi connectivity index (χ0) is 11.3. The molecular weight excluding hydrogens is 194 g/mol. The molecule has 1 rings (SSSR count). The molecular formula is C11H15NO3. The summed E-state index contributed by atoms with van der Waals surface area (Å²) in [5.41, 5.74) is 1.67. The molecule has 0 aliphatic carbocycles. The summed E-state index contributed by atoms with van der Waals surface area (Å²) in [6, 6.07) is 5.49. The summed E-state index contributed by atoms with van der Waals surface area (Å²) in [5, 5.41) is 11.3. The Hall–Kier alpha value is -1.55. The zero-order valence-electron chi connectivity index (χ0n) is 8.91. The van der Waals surface area contributed by atoms with E-state index in [9.17, 15) is 4.79 Å². The maximum Gasteiger partial charge on any atom is 0.221 e. The summed E-state index contributed by atoms with van der Waals surface area (Å²) in [6.45, 7) is 3.54. The predicted molar refractivity (Wildman–Crippen MR) is 58.1 cm³/mol. The molecule has 0 atom stereocenters. The number of rotatable bonds is 4. The highest BCUT2D eigenvalue weighted by Crippen LogP contribution is 2.25. The van der Waals surface area contributed by atoms with Gasteiger partial charge in [0.1, 0.15) is 12.4 Å². The molecule has 82 valence electrons. The van der Waals surface area contributed by atoms with Gasteiger partial charge in [-0.25, -0.2) is 0 Å². The third-order valence-electron chi connectivity index (χ3n) is 1.80. The van der Waals surface area contributed by atoms with Crippen LogP contribution in [0, 0.1) is 6.92 Å². The van der Waals surface area contributed by atoms with Crippen LogP contribution in [0.25, 0.3) is 0 Å². The van der Waals surface area contributed by atoms with Crippen LogP contribution in [0.5, 0.6) is 5.75 Å². The van der Waals surface area contributed by atoms with Crippen LogP contribution in [0.1, 0.15) is 12.5 Å². The predicted octanol–water partition coefficient (Wildman–Crippen LogP) is 1.32. The van der Waals surface area contributed by atoms with Crippen LogP contribution in [0.15, 0.2) is 18.2 Å². The highest BCUT2D eigenvalue weighted by Gasteiger charge is 2.05. The number of hydrogen-bond acceptors (Lipinski definition) is 3. The lowest BCUT2D eigenvalue weighted by molar-refractivity contribution is -0.114. The van der Waals surface area contributed by atoms with Crippen LogP contribution in [-0.4, -0.2) is 24.2 Å². The second-order valence-electron chi connectivity index (χ2n) is 3.25. The van der Waals surface area contributed by atoms with Gasteiger partial charge < -0.3 is 15.2 Å². The van der Waals surface area contributed by atoms with E-state index in [4.69, 9.17) is 9.84 Å². The fraction of sp³-hybridized carbons (Fsp3) is 0.364. The van der Waals surface area contributed by atoms with E-state index in [-0.39, 0.29) is 19.1 Å². The number of carbonyl (C=O) groups is 1. The van der Waals surface area contributed by atoms with E-state index in [1.165, 1.54) is 6.92 Å². The van der Waals surface area contributed by atoms with Crippen LogP contribution in [0.3, 0.4) is 0 Å². The molecule has 0 aliphatic rings. The first-order valence-corrected chi connectivity index (χ1v) is 4.75. The molecule has 1 aromatic rings. The first-order chi connectivity index (χ1) is 7.13. The van der Waals surface area contributed by atoms with E-state index in [0.29, 0.717) is 11.4 Å². The molecule has 0 unspecified atom stereocenters. The first kappa shape index (κ1) is 11.5. The number of aliphatic hydroxyl groups is 1. The molecule has 1 amide bonds. The Labute approximate surface area is 88.9 Å². The third kappa shape index (κ3) is 3.59. The molecule has 15 heavy (non-hydrogen) atoms. The van der Waals surface area contributed by atoms with Crippen molar-refractivity contribution < 1.29 is 14.6 Å². The second kappa shape index (κ2) is 5.36. The quantitative estimate of drug-likeness (QED) is 0.786. The van der Waals surface area contributed by atoms with Crippen molar-refractivity contribution in [1.82, 2.24) is 0 Å². The van der Waals surface area contributed by atoms with Crippen molar-refractivity contribution in [3.8, 4) is 5.75 Å². The van der Waals surface area contributed by atoms with Crippen molar-refractivity contribution in [3.63, 3.8) is 0 Å². The molecule has 0 spiro atoms. The Kier molecular flexibility index (Phi) is 4.12. The van der Waals surface area contributed by atoms with E-state index in [1.54, 1.807) is 6.07 Å². The normalized spacial score (nSPS) is 9.80. The van der Waals surface area contributed by atoms with Crippen molar-refractivity contribution >= 4 is 11.6 Å². The van der Waals surface area contributed by atoms with Gasteiger partial charge in [-0.3, -0.25) is 4.79 Å². The molecule has 2 N–H and O–H groups in total. The average Bonchev–Trinajstić information content (AvgIpc) is 2.18. The van der Waals surface area contributed by atoms with Crippen LogP contribution in [0.4, 0.5) is 5.69 Å². The van der Waals surface area contributed by atoms with Crippen LogP contribution in [-0.2, 0) is 4.79 Å². The van der Waals surface area contributed by atoms with Gasteiger partial charge in [0.05, 0.1) is 12.3 Å². The monoisotopic (exact) mass is 209 g/mol. The van der Waals surface area contributed by atoms with Gasteiger partial charge >= 0.3 is 0 Å². The minimum atomic E-state index is -0.146. The number of benzene rings is 1. The van der Waals surface area contributed by atoms with Gasteiger partial charge in [-0.2, -0.15) is 0 Å². The summed E-state index contributed by atoms with van der Waals surface area (Å²) in [6.07, 6.45) is 0. The fourth-order valence-electron chi connectivity index (χ4n) is 1.20. The average molecular weight is 209 g/mol. The number of aliphatic hydroxyl groups excluding tert-OH is 1. The third-order valence-corrected chi connectivity index (χ3v) is 1.80. The van der Waals surface area contributed by atoms with E-state index in [2.05, 4.69) is 5.32 Å². The van der Waals surface area contributed by atoms with Crippen LogP contribution < -0.4 is 10.1 Å². The molecule has 0 saturated heterocycles. The molecule has 0 saturated carbocycles. The Bertz CT molecular complexity index is 350. The van der Waals surface area contributed by atoms with Crippen molar-refractivity contribution in [3.05, 3.63) is 23.8 Å². The van der Waals surface area contributed by atoms with Gasteiger partial charge in [0.25, 0.3) is 0 Å². The number of anilines is 1. The Morgan fingerprint density at radius 1 is 1.53 bits per heavy atom. The number of aryl methyl sites for hydroxylation is 1. The smallest absolute Gasteiger partial charge is 0.221 e. The number of nitrogens with one attached hydrogen (secondary N) is 1. The molecule has 0 aromatic heterocycles. The Morgan fingerprint density at radius 2 is 2.27 bits per heavy atom. The maximum atomic E-state index is 10.9. The van der Waals surface area contributed by atoms with Gasteiger partial charge in [0, 0.05) is 6.92 Å². The first-order valence-electron chi connectivity index (χ1n) is 4.75. The standard InChI is InChI=1S/C11H15NO3/c1-8-3-4-10(12-9(2)14)11(7-8)15-6-5-13/h3-4,7,13H,5-6H2,1-2H3,(H,12,14). The maximum absolute atomic E-state index is 10.9. The van der Waals surface area contributed by atoms with Gasteiger partial charge in [0.2, 0.25) is 5.91 Å². The molecule has 4 nitrogen and oxygen atoms in total. The summed E-state index contributed by atoms with van der Waals surface area (Å²) >= 11 is 0. The lowest BCUT2D eigenvalue weighted by Gasteiger charge is -2.11. The van der Waals surface area contributed by atoms with Gasteiger partial charge in [-0.05, 0) is 24.6 Å². The molecule has 4 heteroatoms. The summed E-state index contributed by atoms with van der Waals surface area (Å²) in [5.74, 6) is 0.437. The lowest BCUT2D eigenvalue weighted by atomic mass is 10.2. The molecule has 0 fully saturated rings. The number of hydrogen-bond donors (Lipinski definition) is 2. The van der Waals surface area contributed by atoms with Crippen molar-refractivity contribution in [2.24, 2.45) is 0 Å². The van der Waals surface area contributed by atoms with Crippen molar-refractivity contribution in [2.75, 3.05) is 18.5 Å². The summed E-state index contributed by atoms with van der Waals surface area (Å²) in [4.78, 5) is 10.9. The number of ether oxygens (including phenoxy) is 1. The second-order valence-corrected chi connectivity index (χ2v) is 3.25. The lowest BCUT2D eigenvalue weighted by Crippen LogP contribution is -2.09. The highest BCUT2D eigenvalue weighted by molar-refractivity contribution is 5.90. The molecule has 1 aromatic carbocycles. The van der Waals surface area contributed by atoms with Gasteiger partial charge in [-0.1, -0.05) is 6.07 Å². The van der Waals surface area contributed by atoms with Crippen LogP contribution >= 0.6 is 0 Å². The molecule has 0 heterocycles. The topological polar surface area (TPSA) is 58.6 Å². The highest BCUT2D eigenvalue weighted by atomic mass is 16.5.